The van der Waals surface area contributed by atoms with Gasteiger partial charge in [0.15, 0.2) is 5.82 Å². The second-order valence-electron chi connectivity index (χ2n) is 3.04. The highest BCUT2D eigenvalue weighted by atomic mass is 35.5. The number of ether oxygens (including phenoxy) is 1. The fourth-order valence-electron chi connectivity index (χ4n) is 1.19. The summed E-state index contributed by atoms with van der Waals surface area (Å²) >= 11 is 5.72. The fraction of sp³-hybridized carbons (Fsp3) is 0.200. The van der Waals surface area contributed by atoms with Crippen molar-refractivity contribution in [1.29, 1.82) is 0 Å². The lowest BCUT2D eigenvalue weighted by molar-refractivity contribution is 0.312. The van der Waals surface area contributed by atoms with E-state index < -0.39 is 5.82 Å². The number of hydrogen-bond donors (Lipinski definition) is 0. The maximum absolute atomic E-state index is 13.0. The van der Waals surface area contributed by atoms with Crippen LogP contribution in [0.3, 0.4) is 0 Å². The molecule has 0 radical (unpaired) electrons. The molecule has 0 aliphatic carbocycles. The van der Waals surface area contributed by atoms with Gasteiger partial charge in [-0.1, -0.05) is 0 Å². The molecule has 17 heavy (non-hydrogen) atoms. The molecule has 0 saturated heterocycles. The number of halogens is 2. The molecule has 2 aromatic rings. The number of nitrogens with zero attached hydrogens (tertiary/aromatic N) is 4. The molecule has 0 amide bonds. The molecular formula is C10H8ClFN4O. The second kappa shape index (κ2) is 5.01. The first-order chi connectivity index (χ1) is 8.19. The molecular weight excluding hydrogens is 247 g/mol. The first kappa shape index (κ1) is 11.7. The Labute approximate surface area is 102 Å². The number of rotatable bonds is 3. The van der Waals surface area contributed by atoms with E-state index in [1.807, 2.05) is 0 Å². The zero-order chi connectivity index (χ0) is 12.3. The Kier molecular flexibility index (Phi) is 3.43. The molecule has 0 saturated carbocycles. The standard InChI is InChI=1S/C10H8ClFN4O/c1-2-17-10-15-8(14-9(11)16-10)6-3-7(12)5-13-4-6/h3-5H,2H2,1H3. The molecule has 0 unspecified atom stereocenters. The Morgan fingerprint density at radius 1 is 1.29 bits per heavy atom. The summed E-state index contributed by atoms with van der Waals surface area (Å²) in [6, 6.07) is 1.36. The van der Waals surface area contributed by atoms with Crippen LogP contribution in [0.1, 0.15) is 6.92 Å². The van der Waals surface area contributed by atoms with E-state index in [9.17, 15) is 4.39 Å². The molecule has 88 valence electrons. The van der Waals surface area contributed by atoms with Gasteiger partial charge in [-0.3, -0.25) is 4.98 Å². The van der Waals surface area contributed by atoms with Gasteiger partial charge in [0.2, 0.25) is 5.28 Å². The summed E-state index contributed by atoms with van der Waals surface area (Å²) < 4.78 is 18.1. The van der Waals surface area contributed by atoms with E-state index >= 15 is 0 Å². The summed E-state index contributed by atoms with van der Waals surface area (Å²) in [6.45, 7) is 2.20. The lowest BCUT2D eigenvalue weighted by Crippen LogP contribution is -2.01. The Balaban J connectivity index is 2.44. The summed E-state index contributed by atoms with van der Waals surface area (Å²) in [7, 11) is 0. The van der Waals surface area contributed by atoms with Gasteiger partial charge in [-0.05, 0) is 24.6 Å². The van der Waals surface area contributed by atoms with Crippen molar-refractivity contribution in [2.45, 2.75) is 6.92 Å². The summed E-state index contributed by atoms with van der Waals surface area (Å²) in [5.74, 6) is -0.252. The SMILES string of the molecule is CCOc1nc(Cl)nc(-c2cncc(F)c2)n1. The van der Waals surface area contributed by atoms with Gasteiger partial charge in [0.1, 0.15) is 5.82 Å². The van der Waals surface area contributed by atoms with Crippen LogP contribution in [0.4, 0.5) is 4.39 Å². The molecule has 2 heterocycles. The third-order valence-electron chi connectivity index (χ3n) is 1.82. The average molecular weight is 255 g/mol. The normalized spacial score (nSPS) is 10.3. The zero-order valence-electron chi connectivity index (χ0n) is 8.89. The Bertz CT molecular complexity index is 537. The van der Waals surface area contributed by atoms with Gasteiger partial charge in [-0.15, -0.1) is 0 Å². The smallest absolute Gasteiger partial charge is 0.321 e. The minimum absolute atomic E-state index is 0.0114. The van der Waals surface area contributed by atoms with Gasteiger partial charge in [0.25, 0.3) is 0 Å². The minimum Gasteiger partial charge on any atom is -0.464 e. The van der Waals surface area contributed by atoms with E-state index in [0.29, 0.717) is 12.2 Å². The summed E-state index contributed by atoms with van der Waals surface area (Å²) in [6.07, 6.45) is 2.53. The minimum atomic E-state index is -0.475. The van der Waals surface area contributed by atoms with Crippen LogP contribution in [0.15, 0.2) is 18.5 Å². The number of pyridine rings is 1. The van der Waals surface area contributed by atoms with Crippen LogP contribution in [0, 0.1) is 5.82 Å². The van der Waals surface area contributed by atoms with E-state index in [1.165, 1.54) is 12.3 Å². The van der Waals surface area contributed by atoms with E-state index in [-0.39, 0.29) is 17.1 Å². The lowest BCUT2D eigenvalue weighted by atomic mass is 10.3. The average Bonchev–Trinajstić information content (AvgIpc) is 2.28. The summed E-state index contributed by atoms with van der Waals surface area (Å²) in [5.41, 5.74) is 0.412. The van der Waals surface area contributed by atoms with Crippen LogP contribution in [-0.4, -0.2) is 26.5 Å². The van der Waals surface area contributed by atoms with Crippen molar-refractivity contribution in [3.63, 3.8) is 0 Å². The Morgan fingerprint density at radius 2 is 2.12 bits per heavy atom. The molecule has 2 aromatic heterocycles. The first-order valence-electron chi connectivity index (χ1n) is 4.84. The molecule has 0 aromatic carbocycles. The lowest BCUT2D eigenvalue weighted by Gasteiger charge is -2.04. The van der Waals surface area contributed by atoms with Crippen molar-refractivity contribution in [2.75, 3.05) is 6.61 Å². The van der Waals surface area contributed by atoms with Gasteiger partial charge in [-0.25, -0.2) is 4.39 Å². The predicted molar refractivity (Wildman–Crippen MR) is 59.2 cm³/mol. The maximum atomic E-state index is 13.0. The highest BCUT2D eigenvalue weighted by Gasteiger charge is 2.09. The van der Waals surface area contributed by atoms with Gasteiger partial charge in [0.05, 0.1) is 12.8 Å². The van der Waals surface area contributed by atoms with E-state index in [0.717, 1.165) is 6.20 Å². The number of aromatic nitrogens is 4. The van der Waals surface area contributed by atoms with Crippen molar-refractivity contribution in [3.05, 3.63) is 29.6 Å². The second-order valence-corrected chi connectivity index (χ2v) is 3.37. The van der Waals surface area contributed by atoms with Gasteiger partial charge < -0.3 is 4.74 Å². The highest BCUT2D eigenvalue weighted by molar-refractivity contribution is 6.28. The molecule has 5 nitrogen and oxygen atoms in total. The molecule has 0 N–H and O–H groups in total. The molecule has 0 fully saturated rings. The van der Waals surface area contributed by atoms with Crippen molar-refractivity contribution < 1.29 is 9.13 Å². The van der Waals surface area contributed by atoms with Crippen LogP contribution in [0.5, 0.6) is 6.01 Å². The Hall–Kier alpha value is -1.82. The largest absolute Gasteiger partial charge is 0.464 e. The molecule has 0 aliphatic heterocycles. The predicted octanol–water partition coefficient (Wildman–Crippen LogP) is 2.12. The van der Waals surface area contributed by atoms with Gasteiger partial charge in [0, 0.05) is 11.8 Å². The van der Waals surface area contributed by atoms with Gasteiger partial charge >= 0.3 is 6.01 Å². The van der Waals surface area contributed by atoms with Gasteiger partial charge in [-0.2, -0.15) is 15.0 Å². The third-order valence-corrected chi connectivity index (χ3v) is 1.99. The molecule has 0 bridgehead atoms. The summed E-state index contributed by atoms with van der Waals surface area (Å²) in [4.78, 5) is 15.4. The van der Waals surface area contributed by atoms with Crippen LogP contribution in [-0.2, 0) is 0 Å². The first-order valence-corrected chi connectivity index (χ1v) is 5.22. The molecule has 7 heteroatoms. The third kappa shape index (κ3) is 2.85. The van der Waals surface area contributed by atoms with Crippen molar-refractivity contribution in [1.82, 2.24) is 19.9 Å². The number of hydrogen-bond acceptors (Lipinski definition) is 5. The van der Waals surface area contributed by atoms with Crippen LogP contribution < -0.4 is 4.74 Å². The van der Waals surface area contributed by atoms with Crippen LogP contribution >= 0.6 is 11.6 Å². The van der Waals surface area contributed by atoms with E-state index in [2.05, 4.69) is 19.9 Å². The summed E-state index contributed by atoms with van der Waals surface area (Å²) in [5, 5.41) is -0.0114. The molecule has 2 rings (SSSR count). The monoisotopic (exact) mass is 254 g/mol. The highest BCUT2D eigenvalue weighted by Crippen LogP contribution is 2.18. The fourth-order valence-corrected chi connectivity index (χ4v) is 1.34. The van der Waals surface area contributed by atoms with Crippen molar-refractivity contribution in [3.8, 4) is 17.4 Å². The Morgan fingerprint density at radius 3 is 2.82 bits per heavy atom. The van der Waals surface area contributed by atoms with Crippen molar-refractivity contribution >= 4 is 11.6 Å². The zero-order valence-corrected chi connectivity index (χ0v) is 9.65. The van der Waals surface area contributed by atoms with Crippen LogP contribution in [0.2, 0.25) is 5.28 Å². The molecule has 0 aliphatic rings. The molecule has 0 spiro atoms. The quantitative estimate of drug-likeness (QED) is 0.840. The topological polar surface area (TPSA) is 60.8 Å². The van der Waals surface area contributed by atoms with Crippen molar-refractivity contribution in [2.24, 2.45) is 0 Å². The molecule has 0 atom stereocenters. The van der Waals surface area contributed by atoms with E-state index in [4.69, 9.17) is 16.3 Å². The van der Waals surface area contributed by atoms with E-state index in [1.54, 1.807) is 6.92 Å². The van der Waals surface area contributed by atoms with Crippen LogP contribution in [0.25, 0.3) is 11.4 Å². The maximum Gasteiger partial charge on any atom is 0.321 e.